The fourth-order valence-electron chi connectivity index (χ4n) is 2.19. The summed E-state index contributed by atoms with van der Waals surface area (Å²) in [5.74, 6) is -0.288. The second kappa shape index (κ2) is 10.5. The molecule has 0 heterocycles. The zero-order chi connectivity index (χ0) is 19.7. The molecule has 0 radical (unpaired) electrons. The summed E-state index contributed by atoms with van der Waals surface area (Å²) in [7, 11) is 1.70. The van der Waals surface area contributed by atoms with Crippen LogP contribution in [0.5, 0.6) is 11.5 Å². The maximum Gasteiger partial charge on any atom is 0.387 e. The molecule has 1 aromatic rings. The molecule has 26 heavy (non-hydrogen) atoms. The van der Waals surface area contributed by atoms with Crippen molar-refractivity contribution >= 4 is 11.9 Å². The number of benzene rings is 1. The van der Waals surface area contributed by atoms with Crippen molar-refractivity contribution in [2.75, 3.05) is 20.2 Å². The smallest absolute Gasteiger partial charge is 0.387 e. The predicted octanol–water partition coefficient (Wildman–Crippen LogP) is 2.35. The Balaban J connectivity index is 2.65. The number of rotatable bonds is 9. The van der Waals surface area contributed by atoms with Gasteiger partial charge in [0, 0.05) is 12.6 Å². The summed E-state index contributed by atoms with van der Waals surface area (Å²) in [5, 5.41) is 4.79. The molecule has 0 atom stereocenters. The average Bonchev–Trinajstić information content (AvgIpc) is 2.48. The summed E-state index contributed by atoms with van der Waals surface area (Å²) >= 11 is 0. The van der Waals surface area contributed by atoms with Gasteiger partial charge >= 0.3 is 12.6 Å². The zero-order valence-corrected chi connectivity index (χ0v) is 15.3. The third-order valence-electron chi connectivity index (χ3n) is 3.06. The van der Waals surface area contributed by atoms with Gasteiger partial charge in [-0.3, -0.25) is 15.0 Å². The first-order valence-electron chi connectivity index (χ1n) is 8.20. The first kappa shape index (κ1) is 21.6. The molecule has 0 unspecified atom stereocenters. The van der Waals surface area contributed by atoms with Gasteiger partial charge in [-0.15, -0.1) is 0 Å². The normalized spacial score (nSPS) is 11.0. The fourth-order valence-corrected chi connectivity index (χ4v) is 2.19. The Morgan fingerprint density at radius 1 is 1.23 bits per heavy atom. The van der Waals surface area contributed by atoms with Crippen LogP contribution in [0.1, 0.15) is 26.3 Å². The van der Waals surface area contributed by atoms with E-state index in [1.54, 1.807) is 44.9 Å². The molecule has 0 aliphatic heterocycles. The van der Waals surface area contributed by atoms with Crippen molar-refractivity contribution in [3.63, 3.8) is 0 Å². The van der Waals surface area contributed by atoms with E-state index in [2.05, 4.69) is 15.4 Å². The van der Waals surface area contributed by atoms with Crippen LogP contribution >= 0.6 is 0 Å². The number of hydrogen-bond donors (Lipinski definition) is 2. The van der Waals surface area contributed by atoms with Gasteiger partial charge in [-0.05, 0) is 45.5 Å². The molecule has 7 nitrogen and oxygen atoms in total. The van der Waals surface area contributed by atoms with Crippen LogP contribution in [0.15, 0.2) is 18.2 Å². The minimum absolute atomic E-state index is 0.00916. The summed E-state index contributed by atoms with van der Waals surface area (Å²) in [6, 6.07) is 3.97. The highest BCUT2D eigenvalue weighted by molar-refractivity contribution is 5.95. The highest BCUT2D eigenvalue weighted by atomic mass is 19.3. The maximum absolute atomic E-state index is 12.4. The molecule has 0 bridgehead atoms. The van der Waals surface area contributed by atoms with Gasteiger partial charge in [0.1, 0.15) is 0 Å². The van der Waals surface area contributed by atoms with Crippen LogP contribution < -0.4 is 20.1 Å². The van der Waals surface area contributed by atoms with Crippen LogP contribution in [0.4, 0.5) is 13.6 Å². The molecular formula is C17H25F2N3O4. The van der Waals surface area contributed by atoms with Gasteiger partial charge in [-0.25, -0.2) is 4.79 Å². The number of imide groups is 1. The van der Waals surface area contributed by atoms with E-state index in [9.17, 15) is 18.4 Å². The molecule has 0 saturated heterocycles. The number of alkyl halides is 2. The number of urea groups is 1. The lowest BCUT2D eigenvalue weighted by atomic mass is 10.2. The van der Waals surface area contributed by atoms with E-state index in [1.807, 2.05) is 0 Å². The van der Waals surface area contributed by atoms with Crippen LogP contribution in [-0.2, 0) is 11.3 Å². The largest absolute Gasteiger partial charge is 0.490 e. The van der Waals surface area contributed by atoms with Crippen molar-refractivity contribution < 1.29 is 27.8 Å². The first-order chi connectivity index (χ1) is 12.2. The van der Waals surface area contributed by atoms with Gasteiger partial charge in [0.05, 0.1) is 13.2 Å². The Kier molecular flexibility index (Phi) is 8.77. The fraction of sp³-hybridized carbons (Fsp3) is 0.529. The number of nitrogens with one attached hydrogen (secondary N) is 2. The topological polar surface area (TPSA) is 79.9 Å². The van der Waals surface area contributed by atoms with E-state index in [0.717, 1.165) is 5.56 Å². The van der Waals surface area contributed by atoms with Crippen LogP contribution in [0.3, 0.4) is 0 Å². The van der Waals surface area contributed by atoms with Gasteiger partial charge in [-0.1, -0.05) is 6.07 Å². The number of nitrogens with zero attached hydrogens (tertiary/aromatic N) is 1. The molecule has 1 aromatic carbocycles. The second-order valence-electron chi connectivity index (χ2n) is 5.94. The molecule has 0 saturated carbocycles. The summed E-state index contributed by atoms with van der Waals surface area (Å²) in [5.41, 5.74) is 0.747. The van der Waals surface area contributed by atoms with Crippen molar-refractivity contribution in [1.82, 2.24) is 15.5 Å². The standard InChI is InChI=1S/C17H25F2N3O4/c1-5-25-14-8-12(6-7-13(14)26-16(18)19)9-22(4)10-15(23)21-17(24)20-11(2)3/h6-8,11,16H,5,9-10H2,1-4H3,(H2,20,21,23,24). The van der Waals surface area contributed by atoms with Crippen LogP contribution in [-0.4, -0.2) is 49.7 Å². The Bertz CT molecular complexity index is 612. The molecule has 0 aliphatic carbocycles. The van der Waals surface area contributed by atoms with Gasteiger partial charge in [0.2, 0.25) is 5.91 Å². The number of ether oxygens (including phenoxy) is 2. The Morgan fingerprint density at radius 3 is 2.50 bits per heavy atom. The molecule has 3 amide bonds. The van der Waals surface area contributed by atoms with Gasteiger partial charge in [-0.2, -0.15) is 8.78 Å². The Morgan fingerprint density at radius 2 is 1.92 bits per heavy atom. The lowest BCUT2D eigenvalue weighted by Crippen LogP contribution is -2.45. The molecule has 1 rings (SSSR count). The molecule has 0 aromatic heterocycles. The number of carbonyl (C=O) groups excluding carboxylic acids is 2. The number of hydrogen-bond acceptors (Lipinski definition) is 5. The van der Waals surface area contributed by atoms with Gasteiger partial charge < -0.3 is 14.8 Å². The van der Waals surface area contributed by atoms with Gasteiger partial charge in [0.15, 0.2) is 11.5 Å². The van der Waals surface area contributed by atoms with E-state index in [1.165, 1.54) is 6.07 Å². The lowest BCUT2D eigenvalue weighted by molar-refractivity contribution is -0.121. The van der Waals surface area contributed by atoms with Crippen LogP contribution in [0.2, 0.25) is 0 Å². The number of carbonyl (C=O) groups is 2. The minimum atomic E-state index is -2.94. The monoisotopic (exact) mass is 373 g/mol. The highest BCUT2D eigenvalue weighted by Gasteiger charge is 2.14. The summed E-state index contributed by atoms with van der Waals surface area (Å²) in [6.45, 7) is 3.01. The summed E-state index contributed by atoms with van der Waals surface area (Å²) < 4.78 is 34.6. The van der Waals surface area contributed by atoms with Gasteiger partial charge in [0.25, 0.3) is 0 Å². The van der Waals surface area contributed by atoms with Crippen molar-refractivity contribution in [2.45, 2.75) is 40.0 Å². The van der Waals surface area contributed by atoms with Crippen molar-refractivity contribution in [2.24, 2.45) is 0 Å². The van der Waals surface area contributed by atoms with Crippen LogP contribution in [0.25, 0.3) is 0 Å². The van der Waals surface area contributed by atoms with E-state index >= 15 is 0 Å². The van der Waals surface area contributed by atoms with Crippen LogP contribution in [0, 0.1) is 0 Å². The average molecular weight is 373 g/mol. The zero-order valence-electron chi connectivity index (χ0n) is 15.3. The lowest BCUT2D eigenvalue weighted by Gasteiger charge is -2.18. The SMILES string of the molecule is CCOc1cc(CN(C)CC(=O)NC(=O)NC(C)C)ccc1OC(F)F. The maximum atomic E-state index is 12.4. The Labute approximate surface area is 151 Å². The molecule has 0 spiro atoms. The number of halogens is 2. The third-order valence-corrected chi connectivity index (χ3v) is 3.06. The van der Waals surface area contributed by atoms with E-state index in [4.69, 9.17) is 4.74 Å². The summed E-state index contributed by atoms with van der Waals surface area (Å²) in [6.07, 6.45) is 0. The first-order valence-corrected chi connectivity index (χ1v) is 8.20. The molecule has 146 valence electrons. The van der Waals surface area contributed by atoms with Crippen molar-refractivity contribution in [3.05, 3.63) is 23.8 Å². The predicted molar refractivity (Wildman–Crippen MR) is 92.4 cm³/mol. The number of amides is 3. The van der Waals surface area contributed by atoms with E-state index in [-0.39, 0.29) is 24.1 Å². The molecule has 0 fully saturated rings. The molecule has 2 N–H and O–H groups in total. The quantitative estimate of drug-likeness (QED) is 0.695. The molecule has 0 aliphatic rings. The number of likely N-dealkylation sites (N-methyl/N-ethyl adjacent to an activating group) is 1. The van der Waals surface area contributed by atoms with Crippen molar-refractivity contribution in [3.8, 4) is 11.5 Å². The molecular weight excluding hydrogens is 348 g/mol. The Hall–Kier alpha value is -2.42. The second-order valence-corrected chi connectivity index (χ2v) is 5.94. The minimum Gasteiger partial charge on any atom is -0.490 e. The van der Waals surface area contributed by atoms with E-state index < -0.39 is 18.5 Å². The highest BCUT2D eigenvalue weighted by Crippen LogP contribution is 2.30. The molecule has 9 heteroatoms. The third kappa shape index (κ3) is 8.11. The van der Waals surface area contributed by atoms with E-state index in [0.29, 0.717) is 13.2 Å². The summed E-state index contributed by atoms with van der Waals surface area (Å²) in [4.78, 5) is 25.0. The van der Waals surface area contributed by atoms with Crippen molar-refractivity contribution in [1.29, 1.82) is 0 Å².